The van der Waals surface area contributed by atoms with E-state index in [4.69, 9.17) is 10.2 Å². The van der Waals surface area contributed by atoms with Crippen molar-refractivity contribution in [3.8, 4) is 0 Å². The Kier molecular flexibility index (Phi) is 8.12. The average Bonchev–Trinajstić information content (AvgIpc) is 3.03. The highest BCUT2D eigenvalue weighted by atomic mass is 16.3. The predicted molar refractivity (Wildman–Crippen MR) is 87.6 cm³/mol. The maximum Gasteiger partial charge on any atom is 0.273 e. The second kappa shape index (κ2) is 9.58. The molecule has 0 saturated heterocycles. The molecular formula is C16H30N4O2. The van der Waals surface area contributed by atoms with Gasteiger partial charge in [0.25, 0.3) is 5.91 Å². The summed E-state index contributed by atoms with van der Waals surface area (Å²) >= 11 is 0. The van der Waals surface area contributed by atoms with Gasteiger partial charge in [-0.2, -0.15) is 0 Å². The molecule has 1 amide bonds. The molecule has 0 saturated carbocycles. The molecule has 0 aliphatic heterocycles. The first-order chi connectivity index (χ1) is 10.5. The number of carbonyl (C=O) groups is 1. The van der Waals surface area contributed by atoms with E-state index in [2.05, 4.69) is 36.0 Å². The van der Waals surface area contributed by atoms with Crippen LogP contribution in [0.4, 0.5) is 0 Å². The molecule has 0 fully saturated rings. The Morgan fingerprint density at radius 1 is 1.41 bits per heavy atom. The lowest BCUT2D eigenvalue weighted by atomic mass is 10.0. The van der Waals surface area contributed by atoms with Crippen molar-refractivity contribution in [2.75, 3.05) is 26.2 Å². The van der Waals surface area contributed by atoms with Gasteiger partial charge in [-0.15, -0.1) is 0 Å². The predicted octanol–water partition coefficient (Wildman–Crippen LogP) is 2.18. The number of nitrogens with one attached hydrogen (secondary N) is 1. The fourth-order valence-electron chi connectivity index (χ4n) is 2.18. The van der Waals surface area contributed by atoms with Gasteiger partial charge < -0.3 is 20.4 Å². The zero-order chi connectivity index (χ0) is 16.5. The highest BCUT2D eigenvalue weighted by molar-refractivity contribution is 5.91. The minimum Gasteiger partial charge on any atom is -0.446 e. The summed E-state index contributed by atoms with van der Waals surface area (Å²) in [6, 6.07) is -0.269. The quantitative estimate of drug-likeness (QED) is 0.647. The molecule has 2 unspecified atom stereocenters. The third-order valence-corrected chi connectivity index (χ3v) is 4.13. The van der Waals surface area contributed by atoms with Gasteiger partial charge in [0.15, 0.2) is 5.69 Å². The summed E-state index contributed by atoms with van der Waals surface area (Å²) in [5, 5.41) is 2.87. The first kappa shape index (κ1) is 18.6. The topological polar surface area (TPSA) is 84.4 Å². The van der Waals surface area contributed by atoms with Crippen LogP contribution in [0.15, 0.2) is 10.7 Å². The molecule has 2 atom stereocenters. The van der Waals surface area contributed by atoms with Gasteiger partial charge in [-0.3, -0.25) is 4.79 Å². The fraction of sp³-hybridized carbons (Fsp3) is 0.750. The van der Waals surface area contributed by atoms with E-state index in [-0.39, 0.29) is 17.9 Å². The van der Waals surface area contributed by atoms with E-state index >= 15 is 0 Å². The number of hydrogen-bond donors (Lipinski definition) is 2. The van der Waals surface area contributed by atoms with Gasteiger partial charge in [0, 0.05) is 6.54 Å². The van der Waals surface area contributed by atoms with Crippen molar-refractivity contribution < 1.29 is 9.21 Å². The summed E-state index contributed by atoms with van der Waals surface area (Å²) < 4.78 is 5.34. The van der Waals surface area contributed by atoms with Crippen LogP contribution in [0.2, 0.25) is 0 Å². The van der Waals surface area contributed by atoms with Crippen LogP contribution in [0, 0.1) is 5.92 Å². The number of oxazole rings is 1. The molecule has 0 bridgehead atoms. The second-order valence-corrected chi connectivity index (χ2v) is 5.62. The first-order valence-corrected chi connectivity index (χ1v) is 8.24. The molecule has 1 heterocycles. The molecule has 22 heavy (non-hydrogen) atoms. The van der Waals surface area contributed by atoms with Gasteiger partial charge in [0.1, 0.15) is 6.26 Å². The monoisotopic (exact) mass is 310 g/mol. The average molecular weight is 310 g/mol. The SMILES string of the molecule is CCC(C)C(N)c1nc(C(=O)NCCCN(CC)CC)co1. The van der Waals surface area contributed by atoms with Crippen molar-refractivity contribution in [3.63, 3.8) is 0 Å². The van der Waals surface area contributed by atoms with Gasteiger partial charge in [-0.25, -0.2) is 4.98 Å². The van der Waals surface area contributed by atoms with Gasteiger partial charge in [-0.1, -0.05) is 34.1 Å². The summed E-state index contributed by atoms with van der Waals surface area (Å²) in [5.74, 6) is 0.497. The maximum atomic E-state index is 12.0. The maximum absolute atomic E-state index is 12.0. The molecule has 6 heteroatoms. The molecule has 0 radical (unpaired) electrons. The number of nitrogens with zero attached hydrogens (tertiary/aromatic N) is 2. The van der Waals surface area contributed by atoms with E-state index in [1.54, 1.807) is 0 Å². The Morgan fingerprint density at radius 2 is 2.09 bits per heavy atom. The lowest BCUT2D eigenvalue weighted by Gasteiger charge is -2.17. The van der Waals surface area contributed by atoms with E-state index in [1.165, 1.54) is 6.26 Å². The number of aromatic nitrogens is 1. The molecule has 0 aromatic carbocycles. The van der Waals surface area contributed by atoms with E-state index in [0.717, 1.165) is 32.5 Å². The van der Waals surface area contributed by atoms with Crippen LogP contribution in [0.5, 0.6) is 0 Å². The Labute approximate surface area is 133 Å². The summed E-state index contributed by atoms with van der Waals surface area (Å²) in [5.41, 5.74) is 6.36. The summed E-state index contributed by atoms with van der Waals surface area (Å²) in [4.78, 5) is 18.6. The molecule has 1 aromatic rings. The number of nitrogens with two attached hydrogens (primary N) is 1. The molecule has 0 spiro atoms. The molecule has 1 rings (SSSR count). The van der Waals surface area contributed by atoms with Crippen molar-refractivity contribution in [1.29, 1.82) is 0 Å². The smallest absolute Gasteiger partial charge is 0.273 e. The van der Waals surface area contributed by atoms with Crippen LogP contribution >= 0.6 is 0 Å². The van der Waals surface area contributed by atoms with E-state index in [0.29, 0.717) is 18.1 Å². The first-order valence-electron chi connectivity index (χ1n) is 8.24. The molecule has 0 aliphatic carbocycles. The third kappa shape index (κ3) is 5.42. The van der Waals surface area contributed by atoms with Crippen LogP contribution in [-0.4, -0.2) is 42.0 Å². The molecule has 6 nitrogen and oxygen atoms in total. The van der Waals surface area contributed by atoms with Crippen LogP contribution in [0.25, 0.3) is 0 Å². The molecule has 126 valence electrons. The standard InChI is InChI=1S/C16H30N4O2/c1-5-12(4)14(17)16-19-13(11-22-16)15(21)18-9-8-10-20(6-2)7-3/h11-12,14H,5-10,17H2,1-4H3,(H,18,21). The highest BCUT2D eigenvalue weighted by Crippen LogP contribution is 2.20. The molecule has 1 aromatic heterocycles. The fourth-order valence-corrected chi connectivity index (χ4v) is 2.18. The minimum atomic E-state index is -0.269. The number of hydrogen-bond acceptors (Lipinski definition) is 5. The summed E-state index contributed by atoms with van der Waals surface area (Å²) in [7, 11) is 0. The van der Waals surface area contributed by atoms with E-state index in [9.17, 15) is 4.79 Å². The van der Waals surface area contributed by atoms with E-state index < -0.39 is 0 Å². The van der Waals surface area contributed by atoms with Crippen molar-refractivity contribution >= 4 is 5.91 Å². The van der Waals surface area contributed by atoms with Gasteiger partial charge in [0.05, 0.1) is 6.04 Å². The largest absolute Gasteiger partial charge is 0.446 e. The van der Waals surface area contributed by atoms with Gasteiger partial charge in [-0.05, 0) is 32.0 Å². The second-order valence-electron chi connectivity index (χ2n) is 5.62. The van der Waals surface area contributed by atoms with Crippen LogP contribution < -0.4 is 11.1 Å². The Balaban J connectivity index is 2.42. The van der Waals surface area contributed by atoms with E-state index in [1.807, 2.05) is 6.92 Å². The minimum absolute atomic E-state index is 0.203. The number of amides is 1. The molecule has 3 N–H and O–H groups in total. The summed E-state index contributed by atoms with van der Waals surface area (Å²) in [6.07, 6.45) is 3.25. The summed E-state index contributed by atoms with van der Waals surface area (Å²) in [6.45, 7) is 12.1. The Bertz CT molecular complexity index is 443. The van der Waals surface area contributed by atoms with Crippen LogP contribution in [0.1, 0.15) is 63.0 Å². The number of rotatable bonds is 10. The lowest BCUT2D eigenvalue weighted by molar-refractivity contribution is 0.0946. The molecular weight excluding hydrogens is 280 g/mol. The van der Waals surface area contributed by atoms with Crippen molar-refractivity contribution in [2.45, 2.75) is 46.6 Å². The van der Waals surface area contributed by atoms with Crippen molar-refractivity contribution in [2.24, 2.45) is 11.7 Å². The normalized spacial score (nSPS) is 14.1. The lowest BCUT2D eigenvalue weighted by Crippen LogP contribution is -2.30. The van der Waals surface area contributed by atoms with Gasteiger partial charge in [0.2, 0.25) is 5.89 Å². The van der Waals surface area contributed by atoms with Crippen molar-refractivity contribution in [1.82, 2.24) is 15.2 Å². The zero-order valence-electron chi connectivity index (χ0n) is 14.3. The Morgan fingerprint density at radius 3 is 2.68 bits per heavy atom. The van der Waals surface area contributed by atoms with Crippen LogP contribution in [0.3, 0.4) is 0 Å². The van der Waals surface area contributed by atoms with Gasteiger partial charge >= 0.3 is 0 Å². The molecule has 0 aliphatic rings. The third-order valence-electron chi connectivity index (χ3n) is 4.13. The number of carbonyl (C=O) groups excluding carboxylic acids is 1. The Hall–Kier alpha value is -1.40. The zero-order valence-corrected chi connectivity index (χ0v) is 14.3. The van der Waals surface area contributed by atoms with Crippen molar-refractivity contribution in [3.05, 3.63) is 17.8 Å². The highest BCUT2D eigenvalue weighted by Gasteiger charge is 2.20. The van der Waals surface area contributed by atoms with Crippen LogP contribution in [-0.2, 0) is 0 Å².